The fourth-order valence-electron chi connectivity index (χ4n) is 5.49. The van der Waals surface area contributed by atoms with Crippen LogP contribution < -0.4 is 16.4 Å². The minimum atomic E-state index is -0.780. The summed E-state index contributed by atoms with van der Waals surface area (Å²) in [5.41, 5.74) is 5.31. The number of fused-ring (bicyclic) bond motifs is 1. The summed E-state index contributed by atoms with van der Waals surface area (Å²) < 4.78 is 5.12. The van der Waals surface area contributed by atoms with Crippen LogP contribution in [0.2, 0.25) is 0 Å². The molecule has 3 fully saturated rings. The molecule has 0 aromatic carbocycles. The molecule has 1 aromatic heterocycles. The van der Waals surface area contributed by atoms with Crippen molar-refractivity contribution in [1.29, 1.82) is 0 Å². The molecule has 1 saturated carbocycles. The van der Waals surface area contributed by atoms with Gasteiger partial charge in [-0.05, 0) is 76.8 Å². The zero-order valence-corrected chi connectivity index (χ0v) is 27.8. The number of anilines is 1. The van der Waals surface area contributed by atoms with Crippen LogP contribution >= 0.6 is 0 Å². The number of pyridine rings is 1. The van der Waals surface area contributed by atoms with Gasteiger partial charge in [0.15, 0.2) is 11.6 Å². The number of aromatic nitrogens is 1. The molecule has 13 nitrogen and oxygen atoms in total. The molecule has 4 atom stereocenters. The van der Waals surface area contributed by atoms with Gasteiger partial charge in [-0.1, -0.05) is 33.6 Å². The third-order valence-electron chi connectivity index (χ3n) is 7.54. The van der Waals surface area contributed by atoms with Crippen LogP contribution in [0.4, 0.5) is 10.6 Å². The van der Waals surface area contributed by atoms with Crippen molar-refractivity contribution in [2.75, 3.05) is 31.5 Å². The van der Waals surface area contributed by atoms with E-state index < -0.39 is 35.5 Å². The lowest BCUT2D eigenvalue weighted by Crippen LogP contribution is -2.41. The molecule has 45 heavy (non-hydrogen) atoms. The van der Waals surface area contributed by atoms with Crippen LogP contribution in [0.25, 0.3) is 0 Å². The summed E-state index contributed by atoms with van der Waals surface area (Å²) in [6, 6.07) is 2.26. The number of alkyl carbamates (subject to hydrolysis) is 1. The molecule has 3 aliphatic rings. The summed E-state index contributed by atoms with van der Waals surface area (Å²) in [6.07, 6.45) is 5.21. The summed E-state index contributed by atoms with van der Waals surface area (Å²) in [6.45, 7) is 15.5. The highest BCUT2D eigenvalue weighted by atomic mass is 16.6. The molecular formula is C32H52N6O7. The van der Waals surface area contributed by atoms with E-state index in [0.29, 0.717) is 23.9 Å². The van der Waals surface area contributed by atoms with Gasteiger partial charge < -0.3 is 36.0 Å². The van der Waals surface area contributed by atoms with Gasteiger partial charge in [0.05, 0.1) is 5.92 Å². The molecule has 3 unspecified atom stereocenters. The van der Waals surface area contributed by atoms with Crippen LogP contribution in [0.3, 0.4) is 0 Å². The molecular weight excluding hydrogens is 580 g/mol. The van der Waals surface area contributed by atoms with Crippen LogP contribution in [-0.2, 0) is 23.9 Å². The second kappa shape index (κ2) is 17.0. The van der Waals surface area contributed by atoms with Gasteiger partial charge in [0, 0.05) is 25.3 Å². The highest BCUT2D eigenvalue weighted by molar-refractivity contribution is 5.94. The Morgan fingerprint density at radius 3 is 2.16 bits per heavy atom. The summed E-state index contributed by atoms with van der Waals surface area (Å²) >= 11 is 0. The molecule has 13 heteroatoms. The zero-order chi connectivity index (χ0) is 33.9. The fraction of sp³-hybridized carbons (Fsp3) is 0.688. The maximum Gasteiger partial charge on any atom is 0.408 e. The Balaban J connectivity index is 0.000000281. The summed E-state index contributed by atoms with van der Waals surface area (Å²) in [4.78, 5) is 65.0. The minimum Gasteiger partial charge on any atom is -0.504 e. The first-order valence-corrected chi connectivity index (χ1v) is 15.7. The van der Waals surface area contributed by atoms with E-state index in [0.717, 1.165) is 19.0 Å². The van der Waals surface area contributed by atoms with E-state index >= 15 is 0 Å². The Kier molecular flexibility index (Phi) is 14.1. The number of nitrogens with zero attached hydrogens (tertiary/aromatic N) is 3. The van der Waals surface area contributed by atoms with Crippen molar-refractivity contribution in [3.8, 4) is 5.75 Å². The van der Waals surface area contributed by atoms with Crippen molar-refractivity contribution >= 4 is 36.0 Å². The number of nitrogens with one attached hydrogen (secondary N) is 2. The Morgan fingerprint density at radius 2 is 1.67 bits per heavy atom. The van der Waals surface area contributed by atoms with Crippen molar-refractivity contribution in [2.45, 2.75) is 92.2 Å². The Labute approximate surface area is 266 Å². The number of carbonyl (C=O) groups excluding carboxylic acids is 5. The van der Waals surface area contributed by atoms with Crippen LogP contribution in [0.1, 0.15) is 79.3 Å². The van der Waals surface area contributed by atoms with E-state index in [1.165, 1.54) is 36.6 Å². The van der Waals surface area contributed by atoms with Crippen molar-refractivity contribution in [3.63, 3.8) is 0 Å². The molecule has 2 saturated heterocycles. The number of aryl methyl sites for hydroxylation is 1. The monoisotopic (exact) mass is 632 g/mol. The lowest BCUT2D eigenvalue weighted by molar-refractivity contribution is -0.129. The van der Waals surface area contributed by atoms with Crippen molar-refractivity contribution in [3.05, 3.63) is 17.8 Å². The molecule has 252 valence electrons. The zero-order valence-electron chi connectivity index (χ0n) is 27.8. The van der Waals surface area contributed by atoms with E-state index in [9.17, 15) is 29.1 Å². The first-order chi connectivity index (χ1) is 21.0. The first kappa shape index (κ1) is 37.3. The Hall–Kier alpha value is -3.90. The number of rotatable bonds is 6. The molecule has 5 amide bonds. The van der Waals surface area contributed by atoms with Crippen LogP contribution in [-0.4, -0.2) is 87.9 Å². The maximum absolute atomic E-state index is 12.2. The molecule has 0 bridgehead atoms. The number of amides is 5. The standard InChI is InChI=1S/C15H26N2O3.C13H16N4O4.C4H10/c1-15(2,3)20-14(19)16-8-13(18)17-9-11-6-4-5-7-12(11)10-17;1-7-2-3-10(19)12(15-7)16-13(21)8-4-9(11(14)20)17(5-8)6-18;1-4(2)3/h11-12H,4-10H2,1-3H3,(H,16,19);2-3,6,8-9,19H,4-5H2,1H3,(H2,14,20)(H,15,16,21);4H,1-3H3/t11-,12?;;/m1../s1. The van der Waals surface area contributed by atoms with Gasteiger partial charge in [0.1, 0.15) is 18.2 Å². The van der Waals surface area contributed by atoms with Crippen LogP contribution in [0.15, 0.2) is 12.1 Å². The van der Waals surface area contributed by atoms with E-state index in [1.54, 1.807) is 33.8 Å². The number of hydrogen-bond donors (Lipinski definition) is 4. The molecule has 1 aromatic rings. The lowest BCUT2D eigenvalue weighted by Gasteiger charge is -2.22. The average Bonchev–Trinajstić information content (AvgIpc) is 3.58. The predicted molar refractivity (Wildman–Crippen MR) is 170 cm³/mol. The van der Waals surface area contributed by atoms with Crippen molar-refractivity contribution in [2.24, 2.45) is 29.4 Å². The van der Waals surface area contributed by atoms with E-state index in [4.69, 9.17) is 10.5 Å². The molecule has 0 spiro atoms. The predicted octanol–water partition coefficient (Wildman–Crippen LogP) is 3.19. The number of aromatic hydroxyl groups is 1. The van der Waals surface area contributed by atoms with Gasteiger partial charge in [-0.25, -0.2) is 9.78 Å². The third kappa shape index (κ3) is 12.6. The Bertz CT molecular complexity index is 1170. The highest BCUT2D eigenvalue weighted by Crippen LogP contribution is 2.36. The molecule has 3 heterocycles. The van der Waals surface area contributed by atoms with E-state index in [1.807, 2.05) is 4.90 Å². The average molecular weight is 633 g/mol. The van der Waals surface area contributed by atoms with Gasteiger partial charge in [-0.15, -0.1) is 0 Å². The SMILES string of the molecule is CC(C)(C)OC(=O)NCC(=O)N1CC2CCCC[C@@H]2C1.CC(C)C.Cc1ccc(O)c(NC(=O)C2CC(C(N)=O)N(C=O)C2)n1. The van der Waals surface area contributed by atoms with Gasteiger partial charge in [-0.2, -0.15) is 0 Å². The highest BCUT2D eigenvalue weighted by Gasteiger charge is 2.39. The summed E-state index contributed by atoms with van der Waals surface area (Å²) in [7, 11) is 0. The third-order valence-corrected chi connectivity index (χ3v) is 7.54. The summed E-state index contributed by atoms with van der Waals surface area (Å²) in [5, 5.41) is 14.7. The van der Waals surface area contributed by atoms with Gasteiger partial charge >= 0.3 is 6.09 Å². The number of hydrogen-bond acceptors (Lipinski definition) is 8. The minimum absolute atomic E-state index is 0.00487. The second-order valence-electron chi connectivity index (χ2n) is 13.7. The number of likely N-dealkylation sites (tertiary alicyclic amines) is 2. The smallest absolute Gasteiger partial charge is 0.408 e. The Morgan fingerprint density at radius 1 is 1.09 bits per heavy atom. The maximum atomic E-state index is 12.2. The van der Waals surface area contributed by atoms with Crippen LogP contribution in [0, 0.1) is 30.6 Å². The molecule has 4 rings (SSSR count). The fourth-order valence-corrected chi connectivity index (χ4v) is 5.49. The first-order valence-electron chi connectivity index (χ1n) is 15.7. The van der Waals surface area contributed by atoms with Gasteiger partial charge in [0.25, 0.3) is 0 Å². The largest absolute Gasteiger partial charge is 0.504 e. The van der Waals surface area contributed by atoms with Crippen molar-refractivity contribution in [1.82, 2.24) is 20.1 Å². The van der Waals surface area contributed by atoms with E-state index in [-0.39, 0.29) is 37.0 Å². The van der Waals surface area contributed by atoms with Gasteiger partial charge in [-0.3, -0.25) is 19.2 Å². The number of ether oxygens (including phenoxy) is 1. The van der Waals surface area contributed by atoms with Crippen LogP contribution in [0.5, 0.6) is 5.75 Å². The number of nitrogens with two attached hydrogens (primary N) is 1. The normalized spacial score (nSPS) is 22.2. The number of primary amides is 1. The van der Waals surface area contributed by atoms with Crippen molar-refractivity contribution < 1.29 is 33.8 Å². The molecule has 2 aliphatic heterocycles. The molecule has 5 N–H and O–H groups in total. The topological polar surface area (TPSA) is 184 Å². The van der Waals surface area contributed by atoms with E-state index in [2.05, 4.69) is 36.4 Å². The second-order valence-corrected chi connectivity index (χ2v) is 13.7. The number of carbonyl (C=O) groups is 5. The quantitative estimate of drug-likeness (QED) is 0.345. The molecule has 1 aliphatic carbocycles. The van der Waals surface area contributed by atoms with Gasteiger partial charge in [0.2, 0.25) is 24.1 Å². The molecule has 0 radical (unpaired) electrons. The summed E-state index contributed by atoms with van der Waals surface area (Å²) in [5.74, 6) is 0.460. The lowest BCUT2D eigenvalue weighted by atomic mass is 9.82.